The molecule has 0 saturated carbocycles. The van der Waals surface area contributed by atoms with Crippen LogP contribution in [0.15, 0.2) is 48.9 Å². The number of benzene rings is 1. The Kier molecular flexibility index (Phi) is 4.89. The monoisotopic (exact) mass is 378 g/mol. The van der Waals surface area contributed by atoms with E-state index in [2.05, 4.69) is 22.1 Å². The summed E-state index contributed by atoms with van der Waals surface area (Å²) in [4.78, 5) is 23.6. The normalized spacial score (nSPS) is 17.4. The van der Waals surface area contributed by atoms with E-state index in [9.17, 15) is 9.90 Å². The largest absolute Gasteiger partial charge is 0.390 e. The fourth-order valence-electron chi connectivity index (χ4n) is 3.83. The Morgan fingerprint density at radius 2 is 2.04 bits per heavy atom. The van der Waals surface area contributed by atoms with Crippen molar-refractivity contribution in [3.63, 3.8) is 0 Å². The Morgan fingerprint density at radius 1 is 1.25 bits per heavy atom. The van der Waals surface area contributed by atoms with E-state index in [-0.39, 0.29) is 11.8 Å². The Balaban J connectivity index is 1.47. The highest BCUT2D eigenvalue weighted by Crippen LogP contribution is 2.28. The molecule has 1 saturated heterocycles. The lowest BCUT2D eigenvalue weighted by atomic mass is 9.90. The number of aryl methyl sites for hydroxylation is 2. The third kappa shape index (κ3) is 3.78. The molecule has 3 aromatic rings. The quantitative estimate of drug-likeness (QED) is 0.741. The highest BCUT2D eigenvalue weighted by molar-refractivity contribution is 5.96. The SMILES string of the molecule is CC(C)(O)C1CCN(C(=O)c2cnc3c(c2)ncn3CCc2ccccc2)C1. The minimum absolute atomic E-state index is 0.0417. The van der Waals surface area contributed by atoms with Crippen LogP contribution in [-0.4, -0.2) is 49.1 Å². The topological polar surface area (TPSA) is 71.2 Å². The third-order valence-electron chi connectivity index (χ3n) is 5.66. The van der Waals surface area contributed by atoms with E-state index < -0.39 is 5.60 Å². The number of amides is 1. The molecule has 0 bridgehead atoms. The smallest absolute Gasteiger partial charge is 0.255 e. The minimum Gasteiger partial charge on any atom is -0.390 e. The summed E-state index contributed by atoms with van der Waals surface area (Å²) in [5, 5.41) is 10.2. The maximum absolute atomic E-state index is 12.9. The van der Waals surface area contributed by atoms with Gasteiger partial charge in [-0.1, -0.05) is 30.3 Å². The second-order valence-electron chi connectivity index (χ2n) is 8.13. The predicted octanol–water partition coefficient (Wildman–Crippen LogP) is 2.91. The number of carbonyl (C=O) groups excluding carboxylic acids is 1. The van der Waals surface area contributed by atoms with Gasteiger partial charge in [0, 0.05) is 31.7 Å². The van der Waals surface area contributed by atoms with E-state index in [1.54, 1.807) is 31.3 Å². The van der Waals surface area contributed by atoms with Crippen LogP contribution >= 0.6 is 0 Å². The molecular formula is C22H26N4O2. The summed E-state index contributed by atoms with van der Waals surface area (Å²) in [6, 6.07) is 12.1. The van der Waals surface area contributed by atoms with Crippen LogP contribution in [0.2, 0.25) is 0 Å². The molecule has 0 radical (unpaired) electrons. The van der Waals surface area contributed by atoms with Crippen LogP contribution in [-0.2, 0) is 13.0 Å². The maximum atomic E-state index is 12.9. The van der Waals surface area contributed by atoms with Gasteiger partial charge < -0.3 is 14.6 Å². The number of likely N-dealkylation sites (tertiary alicyclic amines) is 1. The first kappa shape index (κ1) is 18.6. The van der Waals surface area contributed by atoms with Crippen LogP contribution in [0.3, 0.4) is 0 Å². The van der Waals surface area contributed by atoms with Gasteiger partial charge in [0.1, 0.15) is 5.52 Å². The second-order valence-corrected chi connectivity index (χ2v) is 8.13. The molecule has 1 unspecified atom stereocenters. The van der Waals surface area contributed by atoms with Crippen molar-refractivity contribution in [3.05, 3.63) is 60.0 Å². The predicted molar refractivity (Wildman–Crippen MR) is 108 cm³/mol. The highest BCUT2D eigenvalue weighted by atomic mass is 16.3. The Bertz CT molecular complexity index is 975. The molecule has 6 heteroatoms. The van der Waals surface area contributed by atoms with Gasteiger partial charge in [0.25, 0.3) is 5.91 Å². The number of aromatic nitrogens is 3. The van der Waals surface area contributed by atoms with E-state index >= 15 is 0 Å². The molecule has 1 aromatic carbocycles. The molecule has 1 aliphatic rings. The van der Waals surface area contributed by atoms with E-state index in [1.807, 2.05) is 28.8 Å². The van der Waals surface area contributed by atoms with E-state index in [0.717, 1.165) is 30.6 Å². The summed E-state index contributed by atoms with van der Waals surface area (Å²) < 4.78 is 2.02. The molecule has 1 atom stereocenters. The standard InChI is InChI=1S/C22H26N4O2/c1-22(2,28)18-9-11-25(14-18)21(27)17-12-19-20(23-13-17)26(15-24-19)10-8-16-6-4-3-5-7-16/h3-7,12-13,15,18,28H,8-11,14H2,1-2H3. The molecule has 1 aliphatic heterocycles. The lowest BCUT2D eigenvalue weighted by molar-refractivity contribution is 0.0211. The zero-order valence-electron chi connectivity index (χ0n) is 16.4. The molecule has 0 spiro atoms. The van der Waals surface area contributed by atoms with E-state index in [1.165, 1.54) is 5.56 Å². The molecule has 2 aromatic heterocycles. The van der Waals surface area contributed by atoms with Crippen LogP contribution in [0, 0.1) is 5.92 Å². The Labute approximate surface area is 164 Å². The first-order chi connectivity index (χ1) is 13.4. The van der Waals surface area contributed by atoms with Crippen molar-refractivity contribution in [1.29, 1.82) is 0 Å². The average Bonchev–Trinajstić information content (AvgIpc) is 3.33. The number of hydrogen-bond acceptors (Lipinski definition) is 4. The average molecular weight is 378 g/mol. The first-order valence-electron chi connectivity index (χ1n) is 9.78. The van der Waals surface area contributed by atoms with Crippen molar-refractivity contribution in [2.45, 2.75) is 38.8 Å². The molecule has 1 N–H and O–H groups in total. The first-order valence-corrected chi connectivity index (χ1v) is 9.78. The third-order valence-corrected chi connectivity index (χ3v) is 5.66. The van der Waals surface area contributed by atoms with Gasteiger partial charge >= 0.3 is 0 Å². The number of fused-ring (bicyclic) bond motifs is 1. The van der Waals surface area contributed by atoms with Gasteiger partial charge in [-0.3, -0.25) is 4.79 Å². The number of aliphatic hydroxyl groups is 1. The Hall–Kier alpha value is -2.73. The van der Waals surface area contributed by atoms with Crippen molar-refractivity contribution in [2.24, 2.45) is 5.92 Å². The molecule has 3 heterocycles. The minimum atomic E-state index is -0.769. The lowest BCUT2D eigenvalue weighted by Gasteiger charge is -2.25. The number of hydrogen-bond donors (Lipinski definition) is 1. The fraction of sp³-hybridized carbons (Fsp3) is 0.409. The maximum Gasteiger partial charge on any atom is 0.255 e. The van der Waals surface area contributed by atoms with Gasteiger partial charge in [-0.25, -0.2) is 9.97 Å². The zero-order chi connectivity index (χ0) is 19.7. The fourth-order valence-corrected chi connectivity index (χ4v) is 3.83. The van der Waals surface area contributed by atoms with Crippen LogP contribution in [0.5, 0.6) is 0 Å². The van der Waals surface area contributed by atoms with E-state index in [4.69, 9.17) is 0 Å². The molecule has 146 valence electrons. The molecular weight excluding hydrogens is 352 g/mol. The number of rotatable bonds is 5. The number of carbonyl (C=O) groups is 1. The summed E-state index contributed by atoms with van der Waals surface area (Å²) in [7, 11) is 0. The van der Waals surface area contributed by atoms with Crippen molar-refractivity contribution in [3.8, 4) is 0 Å². The number of imidazole rings is 1. The van der Waals surface area contributed by atoms with Crippen molar-refractivity contribution >= 4 is 17.1 Å². The van der Waals surface area contributed by atoms with E-state index in [0.29, 0.717) is 18.7 Å². The number of pyridine rings is 1. The molecule has 6 nitrogen and oxygen atoms in total. The van der Waals surface area contributed by atoms with Gasteiger partial charge in [-0.15, -0.1) is 0 Å². The molecule has 4 rings (SSSR count). The molecule has 0 aliphatic carbocycles. The molecule has 1 fully saturated rings. The number of nitrogens with zero attached hydrogens (tertiary/aromatic N) is 4. The van der Waals surface area contributed by atoms with Gasteiger partial charge in [0.05, 0.1) is 17.5 Å². The Morgan fingerprint density at radius 3 is 2.75 bits per heavy atom. The summed E-state index contributed by atoms with van der Waals surface area (Å²) in [6.45, 7) is 5.64. The lowest BCUT2D eigenvalue weighted by Crippen LogP contribution is -2.35. The van der Waals surface area contributed by atoms with Gasteiger partial charge in [0.15, 0.2) is 5.65 Å². The second kappa shape index (κ2) is 7.36. The van der Waals surface area contributed by atoms with Gasteiger partial charge in [0.2, 0.25) is 0 Å². The summed E-state index contributed by atoms with van der Waals surface area (Å²) in [6.07, 6.45) is 5.15. The van der Waals surface area contributed by atoms with Crippen molar-refractivity contribution in [1.82, 2.24) is 19.4 Å². The van der Waals surface area contributed by atoms with Crippen LogP contribution in [0.25, 0.3) is 11.2 Å². The van der Waals surface area contributed by atoms with Crippen molar-refractivity contribution in [2.75, 3.05) is 13.1 Å². The molecule has 28 heavy (non-hydrogen) atoms. The van der Waals surface area contributed by atoms with Crippen LogP contribution in [0.4, 0.5) is 0 Å². The van der Waals surface area contributed by atoms with Crippen LogP contribution in [0.1, 0.15) is 36.2 Å². The van der Waals surface area contributed by atoms with Crippen LogP contribution < -0.4 is 0 Å². The zero-order valence-corrected chi connectivity index (χ0v) is 16.4. The van der Waals surface area contributed by atoms with Gasteiger partial charge in [-0.2, -0.15) is 0 Å². The summed E-state index contributed by atoms with van der Waals surface area (Å²) >= 11 is 0. The van der Waals surface area contributed by atoms with Gasteiger partial charge in [-0.05, 0) is 38.3 Å². The van der Waals surface area contributed by atoms with Crippen molar-refractivity contribution < 1.29 is 9.90 Å². The molecule has 1 amide bonds. The summed E-state index contributed by atoms with van der Waals surface area (Å²) in [5.74, 6) is 0.0605. The summed E-state index contributed by atoms with van der Waals surface area (Å²) in [5.41, 5.74) is 2.58. The highest BCUT2D eigenvalue weighted by Gasteiger charge is 2.35.